The molecule has 0 atom stereocenters. The predicted molar refractivity (Wildman–Crippen MR) is 36.9 cm³/mol. The molecule has 3 N–H and O–H groups in total. The molecular weight excluding hydrogens is 221 g/mol. The van der Waals surface area contributed by atoms with E-state index in [0.29, 0.717) is 0 Å². The molecule has 0 saturated carbocycles. The average molecular weight is 228 g/mol. The first-order valence-electron chi connectivity index (χ1n) is 2.55. The van der Waals surface area contributed by atoms with Crippen molar-refractivity contribution in [2.24, 2.45) is 5.84 Å². The molecule has 2 radical (unpaired) electrons. The maximum absolute atomic E-state index is 5.16. The number of nitrogens with one attached hydrogen (secondary N) is 1. The zero-order valence-corrected chi connectivity index (χ0v) is 7.69. The summed E-state index contributed by atoms with van der Waals surface area (Å²) in [5.74, 6) is 5.16. The Morgan fingerprint density at radius 3 is 3.11 bits per heavy atom. The summed E-state index contributed by atoms with van der Waals surface area (Å²) < 4.78 is 3.98. The van der Waals surface area contributed by atoms with Gasteiger partial charge in [-0.15, -0.1) is 0 Å². The predicted octanol–water partition coefficient (Wildman–Crippen LogP) is -1.21. The van der Waals surface area contributed by atoms with Crippen molar-refractivity contribution in [3.05, 3.63) is 24.5 Å². The number of aromatic nitrogens is 1. The van der Waals surface area contributed by atoms with Gasteiger partial charge in [0.25, 0.3) is 0 Å². The van der Waals surface area contributed by atoms with Gasteiger partial charge in [0.05, 0.1) is 0 Å². The van der Waals surface area contributed by atoms with Crippen molar-refractivity contribution < 1.29 is 0 Å². The van der Waals surface area contributed by atoms with Crippen molar-refractivity contribution in [1.82, 2.24) is 8.63 Å². The van der Waals surface area contributed by atoms with E-state index in [1.807, 2.05) is 18.3 Å². The fraction of sp³-hybridized carbons (Fsp3) is 0. The Hall–Kier alpha value is -0.131. The van der Waals surface area contributed by atoms with Crippen molar-refractivity contribution in [3.63, 3.8) is 0 Å². The van der Waals surface area contributed by atoms with Gasteiger partial charge in [0, 0.05) is 0 Å². The molecule has 0 bridgehead atoms. The average Bonchev–Trinajstić information content (AvgIpc) is 1.91. The van der Waals surface area contributed by atoms with Crippen LogP contribution in [-0.2, 0) is 0 Å². The van der Waals surface area contributed by atoms with E-state index in [1.54, 1.807) is 6.20 Å². The van der Waals surface area contributed by atoms with E-state index in [4.69, 9.17) is 5.84 Å². The summed E-state index contributed by atoms with van der Waals surface area (Å²) in [5, 5.41) is 0. The Balaban J connectivity index is 2.61. The van der Waals surface area contributed by atoms with Gasteiger partial charge in [-0.2, -0.15) is 0 Å². The second-order valence-electron chi connectivity index (χ2n) is 1.51. The van der Waals surface area contributed by atoms with Gasteiger partial charge < -0.3 is 0 Å². The maximum atomic E-state index is 5.16. The monoisotopic (exact) mass is 229 g/mol. The molecule has 1 rings (SSSR count). The first-order valence-corrected chi connectivity index (χ1v) is 5.40. The Kier molecular flexibility index (Phi) is 2.96. The van der Waals surface area contributed by atoms with Crippen molar-refractivity contribution >= 4 is 25.0 Å². The Bertz CT molecular complexity index is 165. The molecule has 0 saturated heterocycles. The van der Waals surface area contributed by atoms with Crippen LogP contribution >= 0.6 is 0 Å². The standard InChI is InChI=1S/C5H4N.H3N2.Sn/c1-2-4-6-5-3-1;1-2;/h1-2,4-5H;1H,2H2;/q;-1;+1. The third-order valence-corrected chi connectivity index (χ3v) is 2.96. The third kappa shape index (κ3) is 2.29. The van der Waals surface area contributed by atoms with Gasteiger partial charge in [0.1, 0.15) is 0 Å². The number of nitrogens with zero attached hydrogens (tertiary/aromatic N) is 1. The van der Waals surface area contributed by atoms with E-state index in [1.165, 1.54) is 3.58 Å². The minimum absolute atomic E-state index is 0.684. The van der Waals surface area contributed by atoms with Crippen LogP contribution in [0.1, 0.15) is 0 Å². The first-order chi connectivity index (χ1) is 4.43. The van der Waals surface area contributed by atoms with Crippen LogP contribution in [0.25, 0.3) is 0 Å². The van der Waals surface area contributed by atoms with Crippen LogP contribution in [0, 0.1) is 0 Å². The zero-order chi connectivity index (χ0) is 6.53. The molecule has 1 heterocycles. The van der Waals surface area contributed by atoms with Crippen LogP contribution in [0.4, 0.5) is 0 Å². The summed E-state index contributed by atoms with van der Waals surface area (Å²) in [4.78, 5) is 3.95. The van der Waals surface area contributed by atoms with Gasteiger partial charge >= 0.3 is 64.0 Å². The Morgan fingerprint density at radius 1 is 1.67 bits per heavy atom. The fourth-order valence-electron chi connectivity index (χ4n) is 0.520. The quantitative estimate of drug-likeness (QED) is 0.379. The van der Waals surface area contributed by atoms with Crippen molar-refractivity contribution in [1.29, 1.82) is 0 Å². The summed E-state index contributed by atoms with van der Waals surface area (Å²) in [6, 6.07) is 3.96. The Labute approximate surface area is 64.2 Å². The molecule has 0 amide bonds. The summed E-state index contributed by atoms with van der Waals surface area (Å²) in [5.41, 5.74) is 0. The summed E-state index contributed by atoms with van der Waals surface area (Å²) in [7, 11) is 0. The van der Waals surface area contributed by atoms with Crippen LogP contribution in [0.15, 0.2) is 24.5 Å². The molecule has 46 valence electrons. The fourth-order valence-corrected chi connectivity index (χ4v) is 1.91. The SMILES string of the molecule is N[NH][Sn][c]1cccnc1. The van der Waals surface area contributed by atoms with Crippen molar-refractivity contribution in [3.8, 4) is 0 Å². The molecule has 0 aliphatic heterocycles. The van der Waals surface area contributed by atoms with E-state index >= 15 is 0 Å². The van der Waals surface area contributed by atoms with E-state index in [9.17, 15) is 0 Å². The molecular formula is C5H7N3Sn. The van der Waals surface area contributed by atoms with Crippen LogP contribution in [0.5, 0.6) is 0 Å². The second kappa shape index (κ2) is 3.81. The number of hydrazine groups is 1. The number of pyridine rings is 1. The van der Waals surface area contributed by atoms with Crippen molar-refractivity contribution in [2.45, 2.75) is 0 Å². The molecule has 1 aromatic rings. The number of nitrogens with two attached hydrogens (primary N) is 1. The van der Waals surface area contributed by atoms with Gasteiger partial charge in [-0.05, 0) is 0 Å². The van der Waals surface area contributed by atoms with Gasteiger partial charge in [-0.1, -0.05) is 0 Å². The Morgan fingerprint density at radius 2 is 2.56 bits per heavy atom. The molecule has 0 unspecified atom stereocenters. The minimum atomic E-state index is -0.684. The molecule has 0 aliphatic rings. The van der Waals surface area contributed by atoms with E-state index < -0.39 is 21.4 Å². The summed E-state index contributed by atoms with van der Waals surface area (Å²) >= 11 is -0.684. The van der Waals surface area contributed by atoms with Gasteiger partial charge in [0.15, 0.2) is 0 Å². The molecule has 0 aliphatic carbocycles. The number of hydrogen-bond acceptors (Lipinski definition) is 3. The van der Waals surface area contributed by atoms with Gasteiger partial charge in [-0.3, -0.25) is 0 Å². The normalized spacial score (nSPS) is 9.44. The summed E-state index contributed by atoms with van der Waals surface area (Å²) in [6.45, 7) is 0. The van der Waals surface area contributed by atoms with Crippen LogP contribution in [0.3, 0.4) is 0 Å². The summed E-state index contributed by atoms with van der Waals surface area (Å²) in [6.07, 6.45) is 3.62. The molecule has 0 spiro atoms. The molecule has 0 aromatic carbocycles. The van der Waals surface area contributed by atoms with Crippen molar-refractivity contribution in [2.75, 3.05) is 0 Å². The molecule has 1 aromatic heterocycles. The topological polar surface area (TPSA) is 50.9 Å². The third-order valence-electron chi connectivity index (χ3n) is 0.878. The van der Waals surface area contributed by atoms with Crippen LogP contribution in [-0.4, -0.2) is 26.4 Å². The van der Waals surface area contributed by atoms with Gasteiger partial charge in [0.2, 0.25) is 0 Å². The zero-order valence-electron chi connectivity index (χ0n) is 4.83. The van der Waals surface area contributed by atoms with E-state index in [2.05, 4.69) is 8.63 Å². The molecule has 3 nitrogen and oxygen atoms in total. The van der Waals surface area contributed by atoms with Crippen LogP contribution < -0.4 is 13.1 Å². The van der Waals surface area contributed by atoms with Crippen LogP contribution in [0.2, 0.25) is 0 Å². The van der Waals surface area contributed by atoms with E-state index in [-0.39, 0.29) is 0 Å². The number of hydrogen-bond donors (Lipinski definition) is 2. The first kappa shape index (κ1) is 6.98. The molecule has 4 heteroatoms. The number of rotatable bonds is 2. The molecule has 0 fully saturated rings. The van der Waals surface area contributed by atoms with E-state index in [0.717, 1.165) is 0 Å². The second-order valence-corrected chi connectivity index (χ2v) is 4.70. The molecule has 9 heavy (non-hydrogen) atoms. The van der Waals surface area contributed by atoms with Gasteiger partial charge in [-0.25, -0.2) is 0 Å².